The topological polar surface area (TPSA) is 66.5 Å². The van der Waals surface area contributed by atoms with Gasteiger partial charge in [0.15, 0.2) is 5.78 Å². The smallest absolute Gasteiger partial charge is 0.313 e. The first-order valence-electron chi connectivity index (χ1n) is 7.19. The summed E-state index contributed by atoms with van der Waals surface area (Å²) in [6.45, 7) is 1.79. The highest BCUT2D eigenvalue weighted by atomic mass is 16.2. The zero-order valence-corrected chi connectivity index (χ0v) is 13.1. The van der Waals surface area contributed by atoms with Crippen molar-refractivity contribution in [3.63, 3.8) is 0 Å². The monoisotopic (exact) mass is 310 g/mol. The van der Waals surface area contributed by atoms with Crippen LogP contribution in [0.4, 0.5) is 5.69 Å². The van der Waals surface area contributed by atoms with E-state index in [0.717, 1.165) is 5.56 Å². The van der Waals surface area contributed by atoms with Crippen molar-refractivity contribution in [2.24, 2.45) is 0 Å². The van der Waals surface area contributed by atoms with Crippen molar-refractivity contribution < 1.29 is 14.4 Å². The number of carbonyl (C=O) groups is 3. The lowest BCUT2D eigenvalue weighted by atomic mass is 10.1. The van der Waals surface area contributed by atoms with Crippen LogP contribution in [-0.2, 0) is 16.1 Å². The SMILES string of the molecule is CC(=O)c1cccc(NC(=O)C(=O)N(C)Cc2ccccc2)c1. The van der Waals surface area contributed by atoms with Crippen molar-refractivity contribution in [1.29, 1.82) is 0 Å². The highest BCUT2D eigenvalue weighted by molar-refractivity contribution is 6.39. The van der Waals surface area contributed by atoms with Crippen LogP contribution >= 0.6 is 0 Å². The van der Waals surface area contributed by atoms with Gasteiger partial charge in [0.1, 0.15) is 0 Å². The largest absolute Gasteiger partial charge is 0.333 e. The normalized spacial score (nSPS) is 10.0. The number of amides is 2. The third kappa shape index (κ3) is 4.51. The molecule has 0 radical (unpaired) electrons. The lowest BCUT2D eigenvalue weighted by Crippen LogP contribution is -2.36. The Morgan fingerprint density at radius 3 is 2.35 bits per heavy atom. The summed E-state index contributed by atoms with van der Waals surface area (Å²) in [4.78, 5) is 36.8. The summed E-state index contributed by atoms with van der Waals surface area (Å²) in [5.74, 6) is -1.47. The van der Waals surface area contributed by atoms with Crippen molar-refractivity contribution in [3.05, 3.63) is 65.7 Å². The number of anilines is 1. The number of nitrogens with zero attached hydrogens (tertiary/aromatic N) is 1. The molecule has 0 saturated carbocycles. The minimum absolute atomic E-state index is 0.103. The average Bonchev–Trinajstić information content (AvgIpc) is 2.55. The van der Waals surface area contributed by atoms with Crippen molar-refractivity contribution in [3.8, 4) is 0 Å². The summed E-state index contributed by atoms with van der Waals surface area (Å²) >= 11 is 0. The van der Waals surface area contributed by atoms with Crippen molar-refractivity contribution in [1.82, 2.24) is 4.90 Å². The van der Waals surface area contributed by atoms with E-state index in [9.17, 15) is 14.4 Å². The molecule has 0 heterocycles. The molecular formula is C18H18N2O3. The molecule has 0 unspecified atom stereocenters. The van der Waals surface area contributed by atoms with Gasteiger partial charge in [0.25, 0.3) is 0 Å². The van der Waals surface area contributed by atoms with Crippen molar-refractivity contribution in [2.75, 3.05) is 12.4 Å². The summed E-state index contributed by atoms with van der Waals surface area (Å²) in [6, 6.07) is 15.9. The third-order valence-corrected chi connectivity index (χ3v) is 3.33. The molecule has 2 aromatic carbocycles. The van der Waals surface area contributed by atoms with Gasteiger partial charge in [-0.25, -0.2) is 0 Å². The number of hydrogen-bond donors (Lipinski definition) is 1. The first kappa shape index (κ1) is 16.4. The Morgan fingerprint density at radius 2 is 1.70 bits per heavy atom. The van der Waals surface area contributed by atoms with Gasteiger partial charge in [-0.3, -0.25) is 14.4 Å². The third-order valence-electron chi connectivity index (χ3n) is 3.33. The van der Waals surface area contributed by atoms with Crippen LogP contribution in [0.15, 0.2) is 54.6 Å². The van der Waals surface area contributed by atoms with Gasteiger partial charge in [-0.2, -0.15) is 0 Å². The molecule has 23 heavy (non-hydrogen) atoms. The number of carbonyl (C=O) groups excluding carboxylic acids is 3. The van der Waals surface area contributed by atoms with Crippen LogP contribution in [-0.4, -0.2) is 29.5 Å². The summed E-state index contributed by atoms with van der Waals surface area (Å²) in [5.41, 5.74) is 1.84. The van der Waals surface area contributed by atoms with Crippen LogP contribution in [0.5, 0.6) is 0 Å². The number of rotatable bonds is 4. The molecule has 5 nitrogen and oxygen atoms in total. The standard InChI is InChI=1S/C18H18N2O3/c1-13(21)15-9-6-10-16(11-15)19-17(22)18(23)20(2)12-14-7-4-3-5-8-14/h3-11H,12H2,1-2H3,(H,19,22). The molecule has 2 rings (SSSR count). The second-order valence-electron chi connectivity index (χ2n) is 5.24. The number of Topliss-reactive ketones (excluding diaryl/α,β-unsaturated/α-hetero) is 1. The Kier molecular flexibility index (Phi) is 5.25. The van der Waals surface area contributed by atoms with Crippen LogP contribution in [0.1, 0.15) is 22.8 Å². The van der Waals surface area contributed by atoms with Gasteiger partial charge in [-0.05, 0) is 24.6 Å². The molecule has 0 aromatic heterocycles. The predicted molar refractivity (Wildman–Crippen MR) is 88.0 cm³/mol. The fourth-order valence-electron chi connectivity index (χ4n) is 2.10. The molecule has 0 aliphatic heterocycles. The quantitative estimate of drug-likeness (QED) is 0.697. The maximum absolute atomic E-state index is 12.1. The Morgan fingerprint density at radius 1 is 1.00 bits per heavy atom. The minimum Gasteiger partial charge on any atom is -0.333 e. The zero-order valence-electron chi connectivity index (χ0n) is 13.1. The van der Waals surface area contributed by atoms with Crippen molar-refractivity contribution >= 4 is 23.3 Å². The minimum atomic E-state index is -0.732. The van der Waals surface area contributed by atoms with Gasteiger partial charge in [0, 0.05) is 24.8 Å². The van der Waals surface area contributed by atoms with E-state index in [0.29, 0.717) is 17.8 Å². The second-order valence-corrected chi connectivity index (χ2v) is 5.24. The first-order valence-corrected chi connectivity index (χ1v) is 7.19. The van der Waals surface area contributed by atoms with Crippen LogP contribution in [0.25, 0.3) is 0 Å². The highest BCUT2D eigenvalue weighted by Gasteiger charge is 2.19. The van der Waals surface area contributed by atoms with Gasteiger partial charge in [0.2, 0.25) is 0 Å². The van der Waals surface area contributed by atoms with E-state index in [1.807, 2.05) is 30.3 Å². The number of likely N-dealkylation sites (N-methyl/N-ethyl adjacent to an activating group) is 1. The summed E-state index contributed by atoms with van der Waals surface area (Å²) in [7, 11) is 1.57. The second kappa shape index (κ2) is 7.35. The summed E-state index contributed by atoms with van der Waals surface area (Å²) in [5, 5.41) is 2.52. The molecule has 2 aromatic rings. The Labute approximate surface area is 134 Å². The first-order chi connectivity index (χ1) is 11.0. The van der Waals surface area contributed by atoms with E-state index < -0.39 is 11.8 Å². The molecule has 118 valence electrons. The van der Waals surface area contributed by atoms with Crippen LogP contribution in [0.2, 0.25) is 0 Å². The molecule has 0 fully saturated rings. The fourth-order valence-corrected chi connectivity index (χ4v) is 2.10. The molecule has 2 amide bonds. The maximum atomic E-state index is 12.1. The van der Waals surface area contributed by atoms with E-state index in [2.05, 4.69) is 5.32 Å². The zero-order chi connectivity index (χ0) is 16.8. The average molecular weight is 310 g/mol. The molecule has 1 N–H and O–H groups in total. The number of benzene rings is 2. The number of hydrogen-bond acceptors (Lipinski definition) is 3. The van der Waals surface area contributed by atoms with Crippen LogP contribution in [0.3, 0.4) is 0 Å². The summed E-state index contributed by atoms with van der Waals surface area (Å²) in [6.07, 6.45) is 0. The van der Waals surface area contributed by atoms with Gasteiger partial charge in [0.05, 0.1) is 0 Å². The van der Waals surface area contributed by atoms with Crippen molar-refractivity contribution in [2.45, 2.75) is 13.5 Å². The Bertz CT molecular complexity index is 726. The molecule has 0 spiro atoms. The lowest BCUT2D eigenvalue weighted by molar-refractivity contribution is -0.142. The maximum Gasteiger partial charge on any atom is 0.313 e. The number of ketones is 1. The van der Waals surface area contributed by atoms with E-state index >= 15 is 0 Å². The molecule has 0 aliphatic carbocycles. The van der Waals surface area contributed by atoms with Gasteiger partial charge >= 0.3 is 11.8 Å². The highest BCUT2D eigenvalue weighted by Crippen LogP contribution is 2.11. The van der Waals surface area contributed by atoms with E-state index in [1.54, 1.807) is 31.3 Å². The fraction of sp³-hybridized carbons (Fsp3) is 0.167. The number of nitrogens with one attached hydrogen (secondary N) is 1. The van der Waals surface area contributed by atoms with E-state index in [-0.39, 0.29) is 5.78 Å². The van der Waals surface area contributed by atoms with Crippen LogP contribution < -0.4 is 5.32 Å². The molecular weight excluding hydrogens is 292 g/mol. The molecule has 5 heteroatoms. The van der Waals surface area contributed by atoms with E-state index in [4.69, 9.17) is 0 Å². The van der Waals surface area contributed by atoms with Gasteiger partial charge < -0.3 is 10.2 Å². The van der Waals surface area contributed by atoms with Crippen LogP contribution in [0, 0.1) is 0 Å². The Balaban J connectivity index is 2.01. The van der Waals surface area contributed by atoms with E-state index in [1.165, 1.54) is 11.8 Å². The molecule has 0 atom stereocenters. The Hall–Kier alpha value is -2.95. The lowest BCUT2D eigenvalue weighted by Gasteiger charge is -2.16. The van der Waals surface area contributed by atoms with Gasteiger partial charge in [-0.15, -0.1) is 0 Å². The molecule has 0 aliphatic rings. The molecule has 0 bridgehead atoms. The van der Waals surface area contributed by atoms with Gasteiger partial charge in [-0.1, -0.05) is 42.5 Å². The predicted octanol–water partition coefficient (Wildman–Crippen LogP) is 2.49. The molecule has 0 saturated heterocycles. The summed E-state index contributed by atoms with van der Waals surface area (Å²) < 4.78 is 0.